The highest BCUT2D eigenvalue weighted by molar-refractivity contribution is 6.02. The van der Waals surface area contributed by atoms with Gasteiger partial charge in [0.1, 0.15) is 0 Å². The highest BCUT2D eigenvalue weighted by Gasteiger charge is 2.20. The summed E-state index contributed by atoms with van der Waals surface area (Å²) in [6.45, 7) is 6.49. The van der Waals surface area contributed by atoms with Gasteiger partial charge in [-0.05, 0) is 44.5 Å². The molecule has 3 N–H and O–H groups in total. The van der Waals surface area contributed by atoms with Gasteiger partial charge < -0.3 is 20.6 Å². The van der Waals surface area contributed by atoms with Gasteiger partial charge in [0.2, 0.25) is 0 Å². The van der Waals surface area contributed by atoms with Crippen molar-refractivity contribution in [3.63, 3.8) is 0 Å². The Morgan fingerprint density at radius 1 is 1.38 bits per heavy atom. The van der Waals surface area contributed by atoms with Gasteiger partial charge in [-0.1, -0.05) is 19.3 Å². The van der Waals surface area contributed by atoms with Crippen molar-refractivity contribution in [1.82, 2.24) is 5.32 Å². The van der Waals surface area contributed by atoms with E-state index in [0.29, 0.717) is 30.3 Å². The lowest BCUT2D eigenvalue weighted by Crippen LogP contribution is -2.33. The van der Waals surface area contributed by atoms with Gasteiger partial charge in [0.25, 0.3) is 5.91 Å². The van der Waals surface area contributed by atoms with Gasteiger partial charge in [0.05, 0.1) is 28.7 Å². The molecule has 1 aromatic rings. The van der Waals surface area contributed by atoms with E-state index in [1.165, 1.54) is 32.1 Å². The van der Waals surface area contributed by atoms with Crippen LogP contribution in [0.5, 0.6) is 0 Å². The van der Waals surface area contributed by atoms with Crippen LogP contribution >= 0.6 is 0 Å². The van der Waals surface area contributed by atoms with Crippen molar-refractivity contribution >= 4 is 29.7 Å². The summed E-state index contributed by atoms with van der Waals surface area (Å²) < 4.78 is 0. The molecule has 1 atom stereocenters. The van der Waals surface area contributed by atoms with Crippen LogP contribution in [0.15, 0.2) is 17.1 Å². The van der Waals surface area contributed by atoms with E-state index in [1.807, 2.05) is 25.1 Å². The van der Waals surface area contributed by atoms with Crippen molar-refractivity contribution in [2.24, 2.45) is 10.9 Å². The summed E-state index contributed by atoms with van der Waals surface area (Å²) in [7, 11) is 3.69. The number of aliphatic imine (C=N–C) groups is 1. The first-order valence-electron chi connectivity index (χ1n) is 9.46. The quantitative estimate of drug-likeness (QED) is 0.622. The molecule has 144 valence electrons. The number of benzene rings is 1. The molecule has 0 aliphatic heterocycles. The van der Waals surface area contributed by atoms with Crippen LogP contribution in [0.1, 0.15) is 49.4 Å². The first-order chi connectivity index (χ1) is 12.5. The molecular formula is C20H32N4O2. The molecule has 0 radical (unpaired) electrons. The van der Waals surface area contributed by atoms with Crippen molar-refractivity contribution in [3.05, 3.63) is 17.7 Å². The second-order valence-corrected chi connectivity index (χ2v) is 7.24. The molecule has 1 unspecified atom stereocenters. The standard InChI is InChI=1S/C20H32N4O2/c1-14(25)13-24(4)19-11-18(22-3)17(21-2)10-16(19)20(26)23-12-15-8-6-5-7-9-15/h10-11,14-15,22,25H,2,5-9,12-13H2,1,3-4H3,(H,23,26). The number of hydrogen-bond acceptors (Lipinski definition) is 5. The second kappa shape index (κ2) is 9.57. The number of aliphatic hydroxyl groups is 1. The summed E-state index contributed by atoms with van der Waals surface area (Å²) in [5.41, 5.74) is 2.77. The third-order valence-corrected chi connectivity index (χ3v) is 5.02. The SMILES string of the molecule is C=Nc1cc(C(=O)NCC2CCCCC2)c(N(C)CC(C)O)cc1NC. The Morgan fingerprint density at radius 3 is 2.65 bits per heavy atom. The molecule has 1 aromatic carbocycles. The number of aliphatic hydroxyl groups excluding tert-OH is 1. The summed E-state index contributed by atoms with van der Waals surface area (Å²) in [6.07, 6.45) is 5.70. The predicted octanol–water partition coefficient (Wildman–Crippen LogP) is 3.19. The van der Waals surface area contributed by atoms with Gasteiger partial charge in [-0.2, -0.15) is 0 Å². The number of hydrogen-bond donors (Lipinski definition) is 3. The van der Waals surface area contributed by atoms with E-state index in [2.05, 4.69) is 22.3 Å². The molecule has 0 aromatic heterocycles. The maximum atomic E-state index is 12.9. The topological polar surface area (TPSA) is 77.0 Å². The first kappa shape index (κ1) is 20.2. The molecule has 1 amide bonds. The van der Waals surface area contributed by atoms with Crippen molar-refractivity contribution in [3.8, 4) is 0 Å². The molecule has 0 spiro atoms. The predicted molar refractivity (Wildman–Crippen MR) is 109 cm³/mol. The zero-order valence-electron chi connectivity index (χ0n) is 16.2. The average Bonchev–Trinajstić information content (AvgIpc) is 2.65. The Balaban J connectivity index is 2.24. The fraction of sp³-hybridized carbons (Fsp3) is 0.600. The molecule has 0 heterocycles. The lowest BCUT2D eigenvalue weighted by atomic mass is 9.89. The van der Waals surface area contributed by atoms with Crippen LogP contribution in [0.4, 0.5) is 17.1 Å². The van der Waals surface area contributed by atoms with E-state index in [9.17, 15) is 9.90 Å². The molecule has 26 heavy (non-hydrogen) atoms. The molecule has 2 rings (SSSR count). The van der Waals surface area contributed by atoms with Crippen LogP contribution in [0.25, 0.3) is 0 Å². The van der Waals surface area contributed by atoms with Crippen molar-refractivity contribution in [1.29, 1.82) is 0 Å². The number of nitrogens with one attached hydrogen (secondary N) is 2. The van der Waals surface area contributed by atoms with Gasteiger partial charge in [-0.15, -0.1) is 0 Å². The molecule has 6 nitrogen and oxygen atoms in total. The first-order valence-corrected chi connectivity index (χ1v) is 9.46. The average molecular weight is 361 g/mol. The molecule has 1 saturated carbocycles. The minimum Gasteiger partial charge on any atom is -0.392 e. The number of rotatable bonds is 8. The normalized spacial score (nSPS) is 16.0. The lowest BCUT2D eigenvalue weighted by molar-refractivity contribution is 0.0944. The molecule has 1 aliphatic carbocycles. The Labute approximate surface area is 156 Å². The number of amides is 1. The third-order valence-electron chi connectivity index (χ3n) is 5.02. The van der Waals surface area contributed by atoms with Gasteiger partial charge in [-0.3, -0.25) is 9.79 Å². The van der Waals surface area contributed by atoms with Crippen molar-refractivity contribution in [2.45, 2.75) is 45.1 Å². The van der Waals surface area contributed by atoms with E-state index in [1.54, 1.807) is 13.0 Å². The van der Waals surface area contributed by atoms with Crippen LogP contribution in [-0.4, -0.2) is 51.0 Å². The van der Waals surface area contributed by atoms with Crippen LogP contribution < -0.4 is 15.5 Å². The summed E-state index contributed by atoms with van der Waals surface area (Å²) in [4.78, 5) is 18.8. The molecular weight excluding hydrogens is 328 g/mol. The minimum atomic E-state index is -0.492. The molecule has 0 bridgehead atoms. The molecule has 6 heteroatoms. The second-order valence-electron chi connectivity index (χ2n) is 7.24. The molecule has 0 saturated heterocycles. The van der Waals surface area contributed by atoms with Crippen LogP contribution in [-0.2, 0) is 0 Å². The van der Waals surface area contributed by atoms with Crippen molar-refractivity contribution < 1.29 is 9.90 Å². The molecule has 1 fully saturated rings. The Kier molecular flexibility index (Phi) is 7.45. The van der Waals surface area contributed by atoms with Crippen LogP contribution in [0.3, 0.4) is 0 Å². The fourth-order valence-electron chi connectivity index (χ4n) is 3.62. The summed E-state index contributed by atoms with van der Waals surface area (Å²) in [5.74, 6) is 0.468. The van der Waals surface area contributed by atoms with Crippen LogP contribution in [0, 0.1) is 5.92 Å². The van der Waals surface area contributed by atoms with E-state index < -0.39 is 6.10 Å². The van der Waals surface area contributed by atoms with Gasteiger partial charge in [0.15, 0.2) is 0 Å². The maximum absolute atomic E-state index is 12.9. The van der Waals surface area contributed by atoms with Crippen LogP contribution in [0.2, 0.25) is 0 Å². The summed E-state index contributed by atoms with van der Waals surface area (Å²) >= 11 is 0. The number of carbonyl (C=O) groups excluding carboxylic acids is 1. The van der Waals surface area contributed by atoms with Gasteiger partial charge in [-0.25, -0.2) is 0 Å². The third kappa shape index (κ3) is 5.21. The molecule has 1 aliphatic rings. The minimum absolute atomic E-state index is 0.101. The number of nitrogens with zero attached hydrogens (tertiary/aromatic N) is 2. The lowest BCUT2D eigenvalue weighted by Gasteiger charge is -2.26. The highest BCUT2D eigenvalue weighted by atomic mass is 16.3. The van der Waals surface area contributed by atoms with E-state index in [0.717, 1.165) is 11.4 Å². The monoisotopic (exact) mass is 360 g/mol. The summed E-state index contributed by atoms with van der Waals surface area (Å²) in [6, 6.07) is 3.66. The number of anilines is 2. The number of likely N-dealkylation sites (N-methyl/N-ethyl adjacent to an activating group) is 1. The van der Waals surface area contributed by atoms with Gasteiger partial charge in [0, 0.05) is 27.2 Å². The Morgan fingerprint density at radius 2 is 2.08 bits per heavy atom. The fourth-order valence-corrected chi connectivity index (χ4v) is 3.62. The zero-order valence-corrected chi connectivity index (χ0v) is 16.2. The van der Waals surface area contributed by atoms with E-state index in [4.69, 9.17) is 0 Å². The Bertz CT molecular complexity index is 624. The smallest absolute Gasteiger partial charge is 0.253 e. The number of carbonyl (C=O) groups is 1. The summed E-state index contributed by atoms with van der Waals surface area (Å²) in [5, 5.41) is 15.9. The van der Waals surface area contributed by atoms with E-state index >= 15 is 0 Å². The zero-order chi connectivity index (χ0) is 19.1. The van der Waals surface area contributed by atoms with Gasteiger partial charge >= 0.3 is 0 Å². The van der Waals surface area contributed by atoms with E-state index in [-0.39, 0.29) is 5.91 Å². The highest BCUT2D eigenvalue weighted by Crippen LogP contribution is 2.33. The maximum Gasteiger partial charge on any atom is 0.253 e. The van der Waals surface area contributed by atoms with Crippen molar-refractivity contribution in [2.75, 3.05) is 37.4 Å². The largest absolute Gasteiger partial charge is 0.392 e. The Hall–Kier alpha value is -2.08.